The van der Waals surface area contributed by atoms with Gasteiger partial charge in [-0.15, -0.1) is 0 Å². The van der Waals surface area contributed by atoms with E-state index in [-0.39, 0.29) is 0 Å². The Balaban J connectivity index is 2.16. The number of hydrogen-bond acceptors (Lipinski definition) is 2. The van der Waals surface area contributed by atoms with Gasteiger partial charge in [0, 0.05) is 18.8 Å². The maximum atomic E-state index is 10.2. The van der Waals surface area contributed by atoms with Crippen LogP contribution in [0.4, 0.5) is 5.69 Å². The maximum Gasteiger partial charge on any atom is 0.211 e. The van der Waals surface area contributed by atoms with E-state index in [9.17, 15) is 4.79 Å². The molecular weight excluding hydrogens is 176 g/mol. The second-order valence-corrected chi connectivity index (χ2v) is 3.20. The van der Waals surface area contributed by atoms with Crippen LogP contribution in [0, 0.1) is 0 Å². The first-order chi connectivity index (χ1) is 6.90. The molecule has 0 saturated heterocycles. The Hall–Kier alpha value is -1.61. The Morgan fingerprint density at radius 2 is 2.07 bits per heavy atom. The van der Waals surface area contributed by atoms with Gasteiger partial charge in [-0.05, 0) is 23.3 Å². The molecule has 0 bridgehead atoms. The summed E-state index contributed by atoms with van der Waals surface area (Å²) in [5.74, 6) is 0. The summed E-state index contributed by atoms with van der Waals surface area (Å²) in [6, 6.07) is 7.85. The first-order valence-corrected chi connectivity index (χ1v) is 4.60. The highest BCUT2D eigenvalue weighted by atomic mass is 16.1. The van der Waals surface area contributed by atoms with E-state index in [0.29, 0.717) is 6.41 Å². The predicted molar refractivity (Wildman–Crippen MR) is 57.0 cm³/mol. The summed E-state index contributed by atoms with van der Waals surface area (Å²) >= 11 is 0. The van der Waals surface area contributed by atoms with Gasteiger partial charge in [0.15, 0.2) is 0 Å². The summed E-state index contributed by atoms with van der Waals surface area (Å²) in [7, 11) is 0. The summed E-state index contributed by atoms with van der Waals surface area (Å²) < 4.78 is 0. The van der Waals surface area contributed by atoms with Crippen molar-refractivity contribution in [3.8, 4) is 0 Å². The van der Waals surface area contributed by atoms with E-state index in [2.05, 4.69) is 16.7 Å². The van der Waals surface area contributed by atoms with Gasteiger partial charge < -0.3 is 10.6 Å². The third-order valence-electron chi connectivity index (χ3n) is 2.29. The zero-order valence-corrected chi connectivity index (χ0v) is 7.79. The molecule has 0 unspecified atom stereocenters. The lowest BCUT2D eigenvalue weighted by molar-refractivity contribution is -0.105. The smallest absolute Gasteiger partial charge is 0.211 e. The van der Waals surface area contributed by atoms with Crippen LogP contribution in [-0.2, 0) is 4.79 Å². The standard InChI is InChI=1S/C11H12N2O/c14-8-13-11-3-1-9(2-4-11)10-5-6-12-7-10/h1-5,8,12H,6-7H2,(H,13,14). The summed E-state index contributed by atoms with van der Waals surface area (Å²) in [6.45, 7) is 1.88. The third kappa shape index (κ3) is 1.83. The van der Waals surface area contributed by atoms with Gasteiger partial charge in [-0.1, -0.05) is 18.2 Å². The lowest BCUT2D eigenvalue weighted by atomic mass is 10.1. The molecule has 3 nitrogen and oxygen atoms in total. The van der Waals surface area contributed by atoms with Crippen LogP contribution in [0.3, 0.4) is 0 Å². The van der Waals surface area contributed by atoms with Crippen molar-refractivity contribution in [3.63, 3.8) is 0 Å². The predicted octanol–water partition coefficient (Wildman–Crippen LogP) is 1.24. The molecule has 1 aliphatic heterocycles. The molecular formula is C11H12N2O. The molecule has 0 aliphatic carbocycles. The molecule has 0 atom stereocenters. The Labute approximate surface area is 82.8 Å². The quantitative estimate of drug-likeness (QED) is 0.701. The largest absolute Gasteiger partial charge is 0.329 e. The highest BCUT2D eigenvalue weighted by Crippen LogP contribution is 2.18. The summed E-state index contributed by atoms with van der Waals surface area (Å²) in [5, 5.41) is 5.86. The second kappa shape index (κ2) is 4.07. The first kappa shape index (κ1) is 8.97. The van der Waals surface area contributed by atoms with Crippen LogP contribution in [0.15, 0.2) is 30.3 Å². The van der Waals surface area contributed by atoms with E-state index < -0.39 is 0 Å². The number of carbonyl (C=O) groups is 1. The SMILES string of the molecule is O=CNc1ccc(C2=CCNC2)cc1. The van der Waals surface area contributed by atoms with Gasteiger partial charge >= 0.3 is 0 Å². The lowest BCUT2D eigenvalue weighted by Crippen LogP contribution is -2.07. The van der Waals surface area contributed by atoms with E-state index in [1.165, 1.54) is 11.1 Å². The van der Waals surface area contributed by atoms with Gasteiger partial charge in [0.05, 0.1) is 0 Å². The Morgan fingerprint density at radius 3 is 2.64 bits per heavy atom. The number of hydrogen-bond donors (Lipinski definition) is 2. The fourth-order valence-corrected chi connectivity index (χ4v) is 1.54. The number of carbonyl (C=O) groups excluding carboxylic acids is 1. The van der Waals surface area contributed by atoms with Crippen molar-refractivity contribution in [2.24, 2.45) is 0 Å². The molecule has 2 N–H and O–H groups in total. The molecule has 1 aromatic rings. The fourth-order valence-electron chi connectivity index (χ4n) is 1.54. The third-order valence-corrected chi connectivity index (χ3v) is 2.29. The molecule has 0 saturated carbocycles. The van der Waals surface area contributed by atoms with Crippen molar-refractivity contribution in [2.45, 2.75) is 0 Å². The van der Waals surface area contributed by atoms with Crippen LogP contribution in [0.25, 0.3) is 5.57 Å². The molecule has 1 aromatic carbocycles. The van der Waals surface area contributed by atoms with Crippen LogP contribution >= 0.6 is 0 Å². The summed E-state index contributed by atoms with van der Waals surface area (Å²) in [4.78, 5) is 10.2. The molecule has 0 spiro atoms. The molecule has 0 fully saturated rings. The van der Waals surface area contributed by atoms with Crippen LogP contribution in [0.2, 0.25) is 0 Å². The topological polar surface area (TPSA) is 41.1 Å². The highest BCUT2D eigenvalue weighted by molar-refractivity contribution is 5.74. The second-order valence-electron chi connectivity index (χ2n) is 3.20. The number of anilines is 1. The van der Waals surface area contributed by atoms with Gasteiger partial charge in [0.25, 0.3) is 0 Å². The molecule has 0 radical (unpaired) electrons. The highest BCUT2D eigenvalue weighted by Gasteiger charge is 2.05. The normalized spacial score (nSPS) is 15.0. The average molecular weight is 188 g/mol. The molecule has 2 rings (SSSR count). The summed E-state index contributed by atoms with van der Waals surface area (Å²) in [5.41, 5.74) is 3.37. The Bertz CT molecular complexity index is 354. The Morgan fingerprint density at radius 1 is 1.29 bits per heavy atom. The minimum Gasteiger partial charge on any atom is -0.329 e. The van der Waals surface area contributed by atoms with E-state index in [1.54, 1.807) is 0 Å². The zero-order chi connectivity index (χ0) is 9.80. The van der Waals surface area contributed by atoms with Crippen molar-refractivity contribution < 1.29 is 4.79 Å². The minimum absolute atomic E-state index is 0.686. The van der Waals surface area contributed by atoms with Crippen molar-refractivity contribution >= 4 is 17.7 Å². The molecule has 1 heterocycles. The monoisotopic (exact) mass is 188 g/mol. The van der Waals surface area contributed by atoms with Crippen molar-refractivity contribution in [1.29, 1.82) is 0 Å². The van der Waals surface area contributed by atoms with Crippen molar-refractivity contribution in [3.05, 3.63) is 35.9 Å². The molecule has 72 valence electrons. The van der Waals surface area contributed by atoms with Crippen molar-refractivity contribution in [1.82, 2.24) is 5.32 Å². The van der Waals surface area contributed by atoms with Gasteiger partial charge in [0.2, 0.25) is 6.41 Å². The first-order valence-electron chi connectivity index (χ1n) is 4.60. The van der Waals surface area contributed by atoms with E-state index >= 15 is 0 Å². The van der Waals surface area contributed by atoms with Crippen LogP contribution in [0.5, 0.6) is 0 Å². The van der Waals surface area contributed by atoms with Crippen LogP contribution < -0.4 is 10.6 Å². The molecule has 14 heavy (non-hydrogen) atoms. The van der Waals surface area contributed by atoms with E-state index in [4.69, 9.17) is 0 Å². The van der Waals surface area contributed by atoms with Crippen molar-refractivity contribution in [2.75, 3.05) is 18.4 Å². The molecule has 0 aromatic heterocycles. The van der Waals surface area contributed by atoms with Crippen LogP contribution in [0.1, 0.15) is 5.56 Å². The average Bonchev–Trinajstić information content (AvgIpc) is 2.72. The van der Waals surface area contributed by atoms with Gasteiger partial charge in [0.1, 0.15) is 0 Å². The lowest BCUT2D eigenvalue weighted by Gasteiger charge is -2.03. The summed E-state index contributed by atoms with van der Waals surface area (Å²) in [6.07, 6.45) is 2.87. The maximum absolute atomic E-state index is 10.2. The van der Waals surface area contributed by atoms with E-state index in [1.807, 2.05) is 24.3 Å². The number of nitrogens with one attached hydrogen (secondary N) is 2. The number of rotatable bonds is 3. The molecule has 1 aliphatic rings. The molecule has 3 heteroatoms. The number of benzene rings is 1. The Kier molecular flexibility index (Phi) is 2.60. The fraction of sp³-hybridized carbons (Fsp3) is 0.182. The zero-order valence-electron chi connectivity index (χ0n) is 7.79. The van der Waals surface area contributed by atoms with E-state index in [0.717, 1.165) is 18.8 Å². The van der Waals surface area contributed by atoms with Gasteiger partial charge in [-0.25, -0.2) is 0 Å². The molecule has 1 amide bonds. The number of amides is 1. The van der Waals surface area contributed by atoms with Gasteiger partial charge in [-0.3, -0.25) is 4.79 Å². The van der Waals surface area contributed by atoms with Crippen LogP contribution in [-0.4, -0.2) is 19.5 Å². The minimum atomic E-state index is 0.686. The van der Waals surface area contributed by atoms with Gasteiger partial charge in [-0.2, -0.15) is 0 Å².